The van der Waals surface area contributed by atoms with E-state index in [9.17, 15) is 0 Å². The molecule has 2 aliphatic heterocycles. The number of hydrogen-bond acceptors (Lipinski definition) is 1. The Morgan fingerprint density at radius 2 is 1.58 bits per heavy atom. The number of rotatable bonds is 1. The van der Waals surface area contributed by atoms with Crippen molar-refractivity contribution in [3.05, 3.63) is 88.7 Å². The van der Waals surface area contributed by atoms with Gasteiger partial charge in [0, 0.05) is 17.5 Å². The summed E-state index contributed by atoms with van der Waals surface area (Å²) in [4.78, 5) is 2.30. The van der Waals surface area contributed by atoms with Crippen LogP contribution in [0.25, 0.3) is 16.8 Å². The lowest BCUT2D eigenvalue weighted by molar-refractivity contribution is 0.457. The van der Waals surface area contributed by atoms with Gasteiger partial charge in [0.2, 0.25) is 0 Å². The predicted octanol–water partition coefficient (Wildman–Crippen LogP) is 6.16. The zero-order chi connectivity index (χ0) is 17.0. The van der Waals surface area contributed by atoms with E-state index in [-0.39, 0.29) is 0 Å². The van der Waals surface area contributed by atoms with Gasteiger partial charge in [0.15, 0.2) is 0 Å². The molecule has 0 bridgehead atoms. The van der Waals surface area contributed by atoms with Crippen LogP contribution in [-0.2, 0) is 0 Å². The van der Waals surface area contributed by atoms with E-state index in [0.717, 1.165) is 5.70 Å². The van der Waals surface area contributed by atoms with Crippen LogP contribution in [0, 0.1) is 13.8 Å². The molecule has 120 valence electrons. The quantitative estimate of drug-likeness (QED) is 0.609. The van der Waals surface area contributed by atoms with E-state index in [0.29, 0.717) is 6.04 Å². The molecule has 2 aromatic carbocycles. The van der Waals surface area contributed by atoms with Crippen molar-refractivity contribution >= 4 is 5.70 Å². The second kappa shape index (κ2) is 5.24. The minimum absolute atomic E-state index is 0.295. The Morgan fingerprint density at radius 3 is 2.29 bits per heavy atom. The van der Waals surface area contributed by atoms with Gasteiger partial charge in [-0.15, -0.1) is 0 Å². The number of fused-ring (bicyclic) bond motifs is 3. The highest BCUT2D eigenvalue weighted by Gasteiger charge is 2.34. The Kier molecular flexibility index (Phi) is 3.28. The van der Waals surface area contributed by atoms with Crippen LogP contribution < -0.4 is 0 Å². The van der Waals surface area contributed by atoms with Gasteiger partial charge in [-0.25, -0.2) is 0 Å². The summed E-state index contributed by atoms with van der Waals surface area (Å²) in [7, 11) is 0. The average Bonchev–Trinajstić information content (AvgIpc) is 2.83. The molecule has 1 nitrogen and oxygen atoms in total. The fourth-order valence-electron chi connectivity index (χ4n) is 3.97. The number of hydrogen-bond donors (Lipinski definition) is 0. The number of allylic oxidation sites excluding steroid dienone is 2. The van der Waals surface area contributed by atoms with Crippen molar-refractivity contribution < 1.29 is 0 Å². The minimum atomic E-state index is 0.295. The van der Waals surface area contributed by atoms with Crippen molar-refractivity contribution in [2.45, 2.75) is 33.7 Å². The van der Waals surface area contributed by atoms with Gasteiger partial charge in [0.05, 0.1) is 6.04 Å². The van der Waals surface area contributed by atoms with Crippen LogP contribution in [0.3, 0.4) is 0 Å². The summed E-state index contributed by atoms with van der Waals surface area (Å²) in [6, 6.07) is 13.9. The lowest BCUT2D eigenvalue weighted by Crippen LogP contribution is -2.19. The maximum Gasteiger partial charge on any atom is 0.0808 e. The van der Waals surface area contributed by atoms with Crippen LogP contribution in [0.1, 0.15) is 42.1 Å². The predicted molar refractivity (Wildman–Crippen MR) is 102 cm³/mol. The molecule has 0 saturated heterocycles. The molecule has 0 spiro atoms. The fraction of sp³-hybridized carbons (Fsp3) is 0.217. The second-order valence-electron chi connectivity index (χ2n) is 7.12. The summed E-state index contributed by atoms with van der Waals surface area (Å²) in [6.45, 7) is 13.1. The van der Waals surface area contributed by atoms with Gasteiger partial charge in [-0.2, -0.15) is 0 Å². The first-order valence-electron chi connectivity index (χ1n) is 8.51. The van der Waals surface area contributed by atoms with E-state index >= 15 is 0 Å². The normalized spacial score (nSPS) is 18.9. The van der Waals surface area contributed by atoms with Crippen molar-refractivity contribution in [1.82, 2.24) is 4.90 Å². The van der Waals surface area contributed by atoms with E-state index in [1.807, 2.05) is 0 Å². The highest BCUT2D eigenvalue weighted by Crippen LogP contribution is 2.48. The second-order valence-corrected chi connectivity index (χ2v) is 7.12. The standard InChI is InChI=1S/C23H23N/c1-14-10-15(2)12-20(11-14)19-6-7-21-18(5)24-9-8-16(3)17(4)23(24)22(21)13-19/h6-13,23H,5H2,1-4H3. The first-order valence-corrected chi connectivity index (χ1v) is 8.51. The van der Waals surface area contributed by atoms with Crippen molar-refractivity contribution in [1.29, 1.82) is 0 Å². The lowest BCUT2D eigenvalue weighted by Gasteiger charge is -2.29. The molecule has 4 rings (SSSR count). The minimum Gasteiger partial charge on any atom is -0.337 e. The summed E-state index contributed by atoms with van der Waals surface area (Å²) in [6.07, 6.45) is 4.36. The van der Waals surface area contributed by atoms with Crippen molar-refractivity contribution in [3.63, 3.8) is 0 Å². The summed E-state index contributed by atoms with van der Waals surface area (Å²) in [5, 5.41) is 0. The van der Waals surface area contributed by atoms with Gasteiger partial charge in [-0.1, -0.05) is 48.0 Å². The van der Waals surface area contributed by atoms with E-state index in [4.69, 9.17) is 0 Å². The summed E-state index contributed by atoms with van der Waals surface area (Å²) >= 11 is 0. The van der Waals surface area contributed by atoms with E-state index in [1.54, 1.807) is 0 Å². The molecular formula is C23H23N. The van der Waals surface area contributed by atoms with Gasteiger partial charge < -0.3 is 4.90 Å². The van der Waals surface area contributed by atoms with Gasteiger partial charge in [-0.05, 0) is 67.7 Å². The molecule has 24 heavy (non-hydrogen) atoms. The van der Waals surface area contributed by atoms with Crippen molar-refractivity contribution in [2.24, 2.45) is 0 Å². The zero-order valence-corrected chi connectivity index (χ0v) is 14.9. The highest BCUT2D eigenvalue weighted by molar-refractivity contribution is 5.78. The molecule has 0 aliphatic carbocycles. The molecule has 0 amide bonds. The van der Waals surface area contributed by atoms with Crippen molar-refractivity contribution in [3.8, 4) is 11.1 Å². The molecule has 0 radical (unpaired) electrons. The molecule has 2 heterocycles. The van der Waals surface area contributed by atoms with E-state index in [2.05, 4.69) is 87.8 Å². The molecule has 0 aromatic heterocycles. The average molecular weight is 313 g/mol. The van der Waals surface area contributed by atoms with Crippen LogP contribution in [0.15, 0.2) is 66.4 Å². The molecule has 2 aromatic rings. The Balaban J connectivity index is 1.88. The summed E-state index contributed by atoms with van der Waals surface area (Å²) in [5.74, 6) is 0. The highest BCUT2D eigenvalue weighted by atomic mass is 15.2. The first kappa shape index (κ1) is 15.0. The molecular weight excluding hydrogens is 290 g/mol. The van der Waals surface area contributed by atoms with Gasteiger partial charge in [0.1, 0.15) is 0 Å². The van der Waals surface area contributed by atoms with Gasteiger partial charge in [0.25, 0.3) is 0 Å². The first-order chi connectivity index (χ1) is 11.5. The number of benzene rings is 2. The molecule has 1 atom stereocenters. The van der Waals surface area contributed by atoms with E-state index < -0.39 is 0 Å². The third-order valence-electron chi connectivity index (χ3n) is 5.32. The number of nitrogens with zero attached hydrogens (tertiary/aromatic N) is 1. The maximum atomic E-state index is 4.32. The van der Waals surface area contributed by atoms with Gasteiger partial charge >= 0.3 is 0 Å². The van der Waals surface area contributed by atoms with Crippen molar-refractivity contribution in [2.75, 3.05) is 0 Å². The zero-order valence-electron chi connectivity index (χ0n) is 14.9. The molecule has 2 aliphatic rings. The van der Waals surface area contributed by atoms with Crippen LogP contribution in [0.5, 0.6) is 0 Å². The maximum absolute atomic E-state index is 4.32. The SMILES string of the molecule is C=C1c2ccc(-c3cc(C)cc(C)c3)cc2C2C(C)=C(C)C=CN12. The Morgan fingerprint density at radius 1 is 0.875 bits per heavy atom. The summed E-state index contributed by atoms with van der Waals surface area (Å²) in [5.41, 5.74) is 11.7. The molecule has 1 heteroatoms. The third kappa shape index (κ3) is 2.16. The smallest absolute Gasteiger partial charge is 0.0808 e. The Bertz CT molecular complexity index is 907. The summed E-state index contributed by atoms with van der Waals surface area (Å²) < 4.78 is 0. The fourth-order valence-corrected chi connectivity index (χ4v) is 3.97. The van der Waals surface area contributed by atoms with E-state index in [1.165, 1.54) is 44.5 Å². The lowest BCUT2D eigenvalue weighted by atomic mass is 9.91. The molecule has 0 saturated carbocycles. The van der Waals surface area contributed by atoms with Crippen LogP contribution in [0.4, 0.5) is 0 Å². The molecule has 0 N–H and O–H groups in total. The van der Waals surface area contributed by atoms with Crippen LogP contribution >= 0.6 is 0 Å². The third-order valence-corrected chi connectivity index (χ3v) is 5.32. The topological polar surface area (TPSA) is 3.24 Å². The van der Waals surface area contributed by atoms with Crippen LogP contribution in [0.2, 0.25) is 0 Å². The Hall–Kier alpha value is -2.54. The molecule has 0 fully saturated rings. The van der Waals surface area contributed by atoms with Crippen LogP contribution in [-0.4, -0.2) is 4.90 Å². The monoisotopic (exact) mass is 313 g/mol. The largest absolute Gasteiger partial charge is 0.337 e. The molecule has 1 unspecified atom stereocenters. The Labute approximate surface area is 144 Å². The van der Waals surface area contributed by atoms with Gasteiger partial charge in [-0.3, -0.25) is 0 Å². The number of aryl methyl sites for hydroxylation is 2.